The van der Waals surface area contributed by atoms with Gasteiger partial charge in [-0.15, -0.1) is 11.8 Å². The highest BCUT2D eigenvalue weighted by Crippen LogP contribution is 2.34. The number of amides is 1. The first kappa shape index (κ1) is 18.3. The Balaban J connectivity index is 2.35. The van der Waals surface area contributed by atoms with Crippen molar-refractivity contribution in [3.63, 3.8) is 0 Å². The number of rotatable bonds is 5. The van der Waals surface area contributed by atoms with Crippen molar-refractivity contribution in [2.75, 3.05) is 13.1 Å². The maximum atomic E-state index is 12.8. The Bertz CT molecular complexity index is 691. The molecule has 0 aliphatic carbocycles. The van der Waals surface area contributed by atoms with Gasteiger partial charge in [-0.3, -0.25) is 19.7 Å². The van der Waals surface area contributed by atoms with Gasteiger partial charge in [0.05, 0.1) is 15.9 Å². The van der Waals surface area contributed by atoms with Crippen LogP contribution in [0.5, 0.6) is 0 Å². The molecule has 1 heterocycles. The monoisotopic (exact) mass is 352 g/mol. The molecule has 0 radical (unpaired) electrons. The highest BCUT2D eigenvalue weighted by molar-refractivity contribution is 8.00. The van der Waals surface area contributed by atoms with Crippen molar-refractivity contribution in [1.29, 1.82) is 0 Å². The Morgan fingerprint density at radius 3 is 2.58 bits per heavy atom. The molecule has 1 saturated heterocycles. The van der Waals surface area contributed by atoms with Crippen LogP contribution in [0.15, 0.2) is 23.1 Å². The van der Waals surface area contributed by atoms with E-state index in [0.29, 0.717) is 17.9 Å². The molecule has 0 spiro atoms. The lowest BCUT2D eigenvalue weighted by molar-refractivity contribution is -0.384. The zero-order valence-corrected chi connectivity index (χ0v) is 14.6. The summed E-state index contributed by atoms with van der Waals surface area (Å²) in [5.74, 6) is -1.29. The fourth-order valence-electron chi connectivity index (χ4n) is 2.63. The van der Waals surface area contributed by atoms with Crippen LogP contribution in [0.25, 0.3) is 0 Å². The molecule has 0 saturated carbocycles. The number of carboxylic acids is 1. The topological polar surface area (TPSA) is 101 Å². The summed E-state index contributed by atoms with van der Waals surface area (Å²) < 4.78 is 0. The summed E-state index contributed by atoms with van der Waals surface area (Å²) >= 11 is 1.45. The number of nitro groups is 1. The predicted octanol–water partition coefficient (Wildman–Crippen LogP) is 3.03. The first-order chi connectivity index (χ1) is 11.1. The Morgan fingerprint density at radius 1 is 1.42 bits per heavy atom. The number of carboxylic acid groups (broad SMARTS) is 1. The molecule has 1 amide bonds. The lowest BCUT2D eigenvalue weighted by Crippen LogP contribution is -2.35. The maximum Gasteiger partial charge on any atom is 0.311 e. The van der Waals surface area contributed by atoms with Crippen LogP contribution in [0.1, 0.15) is 37.6 Å². The zero-order chi connectivity index (χ0) is 18.1. The minimum absolute atomic E-state index is 0.107. The van der Waals surface area contributed by atoms with E-state index in [2.05, 4.69) is 0 Å². The summed E-state index contributed by atoms with van der Waals surface area (Å²) in [5, 5.41) is 20.5. The van der Waals surface area contributed by atoms with E-state index in [-0.39, 0.29) is 29.0 Å². The van der Waals surface area contributed by atoms with Gasteiger partial charge in [0, 0.05) is 35.4 Å². The lowest BCUT2D eigenvalue weighted by Gasteiger charge is -2.21. The molecule has 8 heteroatoms. The minimum Gasteiger partial charge on any atom is -0.481 e. The summed E-state index contributed by atoms with van der Waals surface area (Å²) in [6.45, 7) is 5.99. The third-order valence-corrected chi connectivity index (χ3v) is 5.13. The van der Waals surface area contributed by atoms with E-state index in [4.69, 9.17) is 0 Å². The van der Waals surface area contributed by atoms with Crippen LogP contribution >= 0.6 is 11.8 Å². The van der Waals surface area contributed by atoms with E-state index in [1.165, 1.54) is 28.8 Å². The average Bonchev–Trinajstić information content (AvgIpc) is 2.90. The van der Waals surface area contributed by atoms with E-state index in [0.717, 1.165) is 0 Å². The van der Waals surface area contributed by atoms with Crippen molar-refractivity contribution in [2.24, 2.45) is 5.41 Å². The number of carbonyl (C=O) groups is 2. The SMILES string of the molecule is CC(C)Sc1ccc([N+](=O)[O-])cc1C(=O)N1CCC(C)(C(=O)O)C1. The number of hydrogen-bond acceptors (Lipinski definition) is 5. The van der Waals surface area contributed by atoms with Crippen LogP contribution < -0.4 is 0 Å². The minimum atomic E-state index is -0.971. The fraction of sp³-hybridized carbons (Fsp3) is 0.500. The zero-order valence-electron chi connectivity index (χ0n) is 13.8. The van der Waals surface area contributed by atoms with Crippen LogP contribution in [0.2, 0.25) is 0 Å². The number of non-ortho nitro benzene ring substituents is 1. The van der Waals surface area contributed by atoms with Crippen LogP contribution in [0.4, 0.5) is 5.69 Å². The normalized spacial score (nSPS) is 20.4. The number of carbonyl (C=O) groups excluding carboxylic acids is 1. The molecule has 0 aromatic heterocycles. The molecule has 1 aliphatic rings. The van der Waals surface area contributed by atoms with Crippen molar-refractivity contribution in [3.8, 4) is 0 Å². The highest BCUT2D eigenvalue weighted by Gasteiger charge is 2.42. The maximum absolute atomic E-state index is 12.8. The quantitative estimate of drug-likeness (QED) is 0.496. The summed E-state index contributed by atoms with van der Waals surface area (Å²) in [5.41, 5.74) is -0.856. The molecule has 1 N–H and O–H groups in total. The van der Waals surface area contributed by atoms with Crippen LogP contribution in [-0.4, -0.2) is 45.1 Å². The number of thioether (sulfide) groups is 1. The van der Waals surface area contributed by atoms with Crippen LogP contribution in [-0.2, 0) is 4.79 Å². The average molecular weight is 352 g/mol. The molecule has 1 fully saturated rings. The van der Waals surface area contributed by atoms with Crippen molar-refractivity contribution in [2.45, 2.75) is 37.3 Å². The molecule has 130 valence electrons. The van der Waals surface area contributed by atoms with Crippen molar-refractivity contribution >= 4 is 29.3 Å². The highest BCUT2D eigenvalue weighted by atomic mass is 32.2. The summed E-state index contributed by atoms with van der Waals surface area (Å²) in [6.07, 6.45) is 0.371. The lowest BCUT2D eigenvalue weighted by atomic mass is 9.90. The Hall–Kier alpha value is -2.09. The molecule has 7 nitrogen and oxygen atoms in total. The summed E-state index contributed by atoms with van der Waals surface area (Å²) in [6, 6.07) is 4.25. The molecule has 0 bridgehead atoms. The molecule has 2 rings (SSSR count). The van der Waals surface area contributed by atoms with Crippen molar-refractivity contribution < 1.29 is 19.6 Å². The van der Waals surface area contributed by atoms with E-state index in [1.807, 2.05) is 13.8 Å². The molecule has 1 unspecified atom stereocenters. The fourth-order valence-corrected chi connectivity index (χ4v) is 3.56. The second-order valence-corrected chi connectivity index (χ2v) is 8.07. The van der Waals surface area contributed by atoms with Crippen LogP contribution in [0.3, 0.4) is 0 Å². The standard InChI is InChI=1S/C16H20N2O5S/c1-10(2)24-13-5-4-11(18(22)23)8-12(13)14(19)17-7-6-16(3,9-17)15(20)21/h4-5,8,10H,6-7,9H2,1-3H3,(H,20,21). The molecular weight excluding hydrogens is 332 g/mol. The van der Waals surface area contributed by atoms with Gasteiger partial charge in [0.25, 0.3) is 11.6 Å². The van der Waals surface area contributed by atoms with E-state index in [1.54, 1.807) is 13.0 Å². The number of benzene rings is 1. The third kappa shape index (κ3) is 3.69. The summed E-state index contributed by atoms with van der Waals surface area (Å²) in [7, 11) is 0. The third-order valence-electron chi connectivity index (χ3n) is 4.04. The van der Waals surface area contributed by atoms with E-state index >= 15 is 0 Å². The van der Waals surface area contributed by atoms with Gasteiger partial charge >= 0.3 is 5.97 Å². The second-order valence-electron chi connectivity index (χ2n) is 6.45. The van der Waals surface area contributed by atoms with E-state index < -0.39 is 16.3 Å². The first-order valence-corrected chi connectivity index (χ1v) is 8.50. The van der Waals surface area contributed by atoms with Gasteiger partial charge in [-0.05, 0) is 19.4 Å². The molecule has 1 aliphatic heterocycles. The molecule has 1 aromatic carbocycles. The molecular formula is C16H20N2O5S. The van der Waals surface area contributed by atoms with Gasteiger partial charge in [-0.1, -0.05) is 13.8 Å². The molecule has 1 aromatic rings. The number of nitro benzene ring substituents is 1. The van der Waals surface area contributed by atoms with Gasteiger partial charge in [0.2, 0.25) is 0 Å². The van der Waals surface area contributed by atoms with Gasteiger partial charge in [0.1, 0.15) is 0 Å². The Kier molecular flexibility index (Phi) is 5.17. The number of nitrogens with zero attached hydrogens (tertiary/aromatic N) is 2. The van der Waals surface area contributed by atoms with Crippen LogP contribution in [0, 0.1) is 15.5 Å². The first-order valence-electron chi connectivity index (χ1n) is 7.62. The van der Waals surface area contributed by atoms with E-state index in [9.17, 15) is 24.8 Å². The number of aliphatic carboxylic acids is 1. The smallest absolute Gasteiger partial charge is 0.311 e. The van der Waals surface area contributed by atoms with Gasteiger partial charge in [0.15, 0.2) is 0 Å². The largest absolute Gasteiger partial charge is 0.481 e. The molecule has 1 atom stereocenters. The molecule has 24 heavy (non-hydrogen) atoms. The van der Waals surface area contributed by atoms with Gasteiger partial charge in [-0.25, -0.2) is 0 Å². The predicted molar refractivity (Wildman–Crippen MR) is 90.4 cm³/mol. The van der Waals surface area contributed by atoms with Gasteiger partial charge in [-0.2, -0.15) is 0 Å². The number of hydrogen-bond donors (Lipinski definition) is 1. The Morgan fingerprint density at radius 2 is 2.08 bits per heavy atom. The Labute approximate surface area is 144 Å². The van der Waals surface area contributed by atoms with Crippen molar-refractivity contribution in [3.05, 3.63) is 33.9 Å². The summed E-state index contributed by atoms with van der Waals surface area (Å²) in [4.78, 5) is 36.8. The van der Waals surface area contributed by atoms with Crippen molar-refractivity contribution in [1.82, 2.24) is 4.90 Å². The van der Waals surface area contributed by atoms with Gasteiger partial charge < -0.3 is 10.0 Å². The second kappa shape index (κ2) is 6.80. The number of likely N-dealkylation sites (tertiary alicyclic amines) is 1.